The molecule has 2 heteroatoms. The third-order valence-corrected chi connectivity index (χ3v) is 3.76. The van der Waals surface area contributed by atoms with Gasteiger partial charge in [-0.05, 0) is 24.7 Å². The van der Waals surface area contributed by atoms with Crippen LogP contribution < -0.4 is 5.73 Å². The van der Waals surface area contributed by atoms with E-state index in [4.69, 9.17) is 5.73 Å². The molecule has 0 bridgehead atoms. The van der Waals surface area contributed by atoms with Crippen molar-refractivity contribution in [3.63, 3.8) is 0 Å². The molecule has 1 aliphatic rings. The maximum absolute atomic E-state index is 10.0. The highest BCUT2D eigenvalue weighted by molar-refractivity contribution is 4.92. The van der Waals surface area contributed by atoms with Crippen LogP contribution in [0, 0.1) is 17.8 Å². The van der Waals surface area contributed by atoms with E-state index >= 15 is 0 Å². The van der Waals surface area contributed by atoms with Gasteiger partial charge in [0, 0.05) is 12.0 Å². The Morgan fingerprint density at radius 2 is 2.00 bits per heavy atom. The van der Waals surface area contributed by atoms with E-state index in [1.165, 1.54) is 12.8 Å². The fourth-order valence-corrected chi connectivity index (χ4v) is 2.91. The predicted molar refractivity (Wildman–Crippen MR) is 59.9 cm³/mol. The minimum Gasteiger partial charge on any atom is -0.392 e. The van der Waals surface area contributed by atoms with Crippen LogP contribution >= 0.6 is 0 Å². The molecule has 0 spiro atoms. The molecule has 1 rings (SSSR count). The van der Waals surface area contributed by atoms with E-state index in [-0.39, 0.29) is 12.1 Å². The van der Waals surface area contributed by atoms with Crippen molar-refractivity contribution in [3.05, 3.63) is 0 Å². The van der Waals surface area contributed by atoms with E-state index in [1.807, 2.05) is 0 Å². The topological polar surface area (TPSA) is 46.2 Å². The van der Waals surface area contributed by atoms with Crippen LogP contribution in [0.2, 0.25) is 0 Å². The standard InChI is InChI=1S/C12H25NO/c1-4-5-6-10(13)11-8(2)7-9(3)12(11)14/h8-12,14H,4-7,13H2,1-3H3. The molecule has 0 radical (unpaired) electrons. The molecule has 1 aliphatic carbocycles. The van der Waals surface area contributed by atoms with Gasteiger partial charge in [0.2, 0.25) is 0 Å². The fourth-order valence-electron chi connectivity index (χ4n) is 2.91. The minimum atomic E-state index is -0.170. The summed E-state index contributed by atoms with van der Waals surface area (Å²) in [5, 5.41) is 10.0. The van der Waals surface area contributed by atoms with Crippen LogP contribution in [0.5, 0.6) is 0 Å². The highest BCUT2D eigenvalue weighted by atomic mass is 16.3. The SMILES string of the molecule is CCCCC(N)C1C(C)CC(C)C1O. The molecule has 0 saturated heterocycles. The summed E-state index contributed by atoms with van der Waals surface area (Å²) in [5.74, 6) is 1.35. The minimum absolute atomic E-state index is 0.170. The first-order valence-electron chi connectivity index (χ1n) is 6.01. The lowest BCUT2D eigenvalue weighted by Crippen LogP contribution is -2.38. The molecule has 5 atom stereocenters. The van der Waals surface area contributed by atoms with Crippen LogP contribution in [0.25, 0.3) is 0 Å². The Balaban J connectivity index is 2.49. The number of hydrogen-bond donors (Lipinski definition) is 2. The first-order valence-corrected chi connectivity index (χ1v) is 6.01. The molecule has 2 nitrogen and oxygen atoms in total. The van der Waals surface area contributed by atoms with Crippen molar-refractivity contribution in [1.82, 2.24) is 0 Å². The number of aliphatic hydroxyl groups is 1. The van der Waals surface area contributed by atoms with Crippen molar-refractivity contribution in [2.45, 2.75) is 58.6 Å². The van der Waals surface area contributed by atoms with Gasteiger partial charge in [0.05, 0.1) is 6.10 Å². The summed E-state index contributed by atoms with van der Waals surface area (Å²) in [4.78, 5) is 0. The number of hydrogen-bond acceptors (Lipinski definition) is 2. The lowest BCUT2D eigenvalue weighted by molar-refractivity contribution is 0.0751. The maximum atomic E-state index is 10.0. The fraction of sp³-hybridized carbons (Fsp3) is 1.00. The van der Waals surface area contributed by atoms with Gasteiger partial charge in [0.25, 0.3) is 0 Å². The van der Waals surface area contributed by atoms with E-state index in [0.29, 0.717) is 17.8 Å². The highest BCUT2D eigenvalue weighted by Gasteiger charge is 2.40. The Morgan fingerprint density at radius 1 is 1.36 bits per heavy atom. The normalized spacial score (nSPS) is 40.1. The molecule has 0 aliphatic heterocycles. The Bertz CT molecular complexity index is 172. The lowest BCUT2D eigenvalue weighted by Gasteiger charge is -2.26. The molecular weight excluding hydrogens is 174 g/mol. The third kappa shape index (κ3) is 2.48. The second-order valence-electron chi connectivity index (χ2n) is 5.06. The van der Waals surface area contributed by atoms with E-state index in [2.05, 4.69) is 20.8 Å². The van der Waals surface area contributed by atoms with Crippen molar-refractivity contribution in [3.8, 4) is 0 Å². The van der Waals surface area contributed by atoms with Crippen LogP contribution in [0.4, 0.5) is 0 Å². The summed E-state index contributed by atoms with van der Waals surface area (Å²) in [5.41, 5.74) is 6.15. The molecule has 84 valence electrons. The van der Waals surface area contributed by atoms with Crippen LogP contribution in [0.15, 0.2) is 0 Å². The molecule has 1 saturated carbocycles. The molecule has 5 unspecified atom stereocenters. The van der Waals surface area contributed by atoms with Crippen molar-refractivity contribution in [2.75, 3.05) is 0 Å². The van der Waals surface area contributed by atoms with Gasteiger partial charge in [-0.15, -0.1) is 0 Å². The van der Waals surface area contributed by atoms with Gasteiger partial charge >= 0.3 is 0 Å². The van der Waals surface area contributed by atoms with Crippen LogP contribution in [0.3, 0.4) is 0 Å². The summed E-state index contributed by atoms with van der Waals surface area (Å²) in [7, 11) is 0. The molecular formula is C12H25NO. The van der Waals surface area contributed by atoms with Crippen LogP contribution in [-0.2, 0) is 0 Å². The molecule has 14 heavy (non-hydrogen) atoms. The number of rotatable bonds is 4. The van der Waals surface area contributed by atoms with Gasteiger partial charge in [0.1, 0.15) is 0 Å². The predicted octanol–water partition coefficient (Wildman–Crippen LogP) is 2.16. The molecule has 3 N–H and O–H groups in total. The van der Waals surface area contributed by atoms with Crippen LogP contribution in [-0.4, -0.2) is 17.3 Å². The molecule has 0 aromatic rings. The molecule has 1 fully saturated rings. The largest absolute Gasteiger partial charge is 0.392 e. The van der Waals surface area contributed by atoms with E-state index < -0.39 is 0 Å². The summed E-state index contributed by atoms with van der Waals surface area (Å²) >= 11 is 0. The van der Waals surface area contributed by atoms with Gasteiger partial charge in [0.15, 0.2) is 0 Å². The number of unbranched alkanes of at least 4 members (excludes halogenated alkanes) is 1. The van der Waals surface area contributed by atoms with Gasteiger partial charge in [-0.25, -0.2) is 0 Å². The third-order valence-electron chi connectivity index (χ3n) is 3.76. The Labute approximate surface area is 87.9 Å². The van der Waals surface area contributed by atoms with Gasteiger partial charge in [-0.2, -0.15) is 0 Å². The quantitative estimate of drug-likeness (QED) is 0.729. The lowest BCUT2D eigenvalue weighted by atomic mass is 9.86. The second-order valence-corrected chi connectivity index (χ2v) is 5.06. The van der Waals surface area contributed by atoms with Crippen molar-refractivity contribution in [2.24, 2.45) is 23.5 Å². The first-order chi connectivity index (χ1) is 6.57. The average Bonchev–Trinajstić information content (AvgIpc) is 2.38. The zero-order chi connectivity index (χ0) is 10.7. The summed E-state index contributed by atoms with van der Waals surface area (Å²) in [6, 6.07) is 0.199. The second kappa shape index (κ2) is 5.13. The summed E-state index contributed by atoms with van der Waals surface area (Å²) < 4.78 is 0. The molecule has 0 aromatic carbocycles. The summed E-state index contributed by atoms with van der Waals surface area (Å²) in [6.45, 7) is 6.54. The molecule has 0 amide bonds. The summed E-state index contributed by atoms with van der Waals surface area (Å²) in [6.07, 6.45) is 4.41. The Kier molecular flexibility index (Phi) is 4.39. The van der Waals surface area contributed by atoms with Crippen molar-refractivity contribution < 1.29 is 5.11 Å². The first kappa shape index (κ1) is 12.0. The smallest absolute Gasteiger partial charge is 0.0611 e. The maximum Gasteiger partial charge on any atom is 0.0611 e. The zero-order valence-corrected chi connectivity index (χ0v) is 9.74. The van der Waals surface area contributed by atoms with Gasteiger partial charge in [-0.3, -0.25) is 0 Å². The number of aliphatic hydroxyl groups excluding tert-OH is 1. The zero-order valence-electron chi connectivity index (χ0n) is 9.74. The van der Waals surface area contributed by atoms with Crippen LogP contribution in [0.1, 0.15) is 46.5 Å². The molecule has 0 heterocycles. The number of nitrogens with two attached hydrogens (primary N) is 1. The van der Waals surface area contributed by atoms with E-state index in [9.17, 15) is 5.11 Å². The van der Waals surface area contributed by atoms with Crippen molar-refractivity contribution in [1.29, 1.82) is 0 Å². The van der Waals surface area contributed by atoms with Gasteiger partial charge < -0.3 is 10.8 Å². The van der Waals surface area contributed by atoms with E-state index in [0.717, 1.165) is 12.8 Å². The Hall–Kier alpha value is -0.0800. The van der Waals surface area contributed by atoms with Crippen molar-refractivity contribution >= 4 is 0 Å². The Morgan fingerprint density at radius 3 is 2.43 bits per heavy atom. The van der Waals surface area contributed by atoms with E-state index in [1.54, 1.807) is 0 Å². The average molecular weight is 199 g/mol. The highest BCUT2D eigenvalue weighted by Crippen LogP contribution is 2.38. The molecule has 0 aromatic heterocycles. The monoisotopic (exact) mass is 199 g/mol. The van der Waals surface area contributed by atoms with Gasteiger partial charge in [-0.1, -0.05) is 33.6 Å².